The Morgan fingerprint density at radius 2 is 2.05 bits per heavy atom. The van der Waals surface area contributed by atoms with Crippen LogP contribution in [0.3, 0.4) is 0 Å². The maximum absolute atomic E-state index is 6.09. The van der Waals surface area contributed by atoms with Gasteiger partial charge in [-0.05, 0) is 35.4 Å². The smallest absolute Gasteiger partial charge is 0.223 e. The van der Waals surface area contributed by atoms with Gasteiger partial charge in [-0.2, -0.15) is 0 Å². The molecule has 0 unspecified atom stereocenters. The molecule has 0 bridgehead atoms. The first kappa shape index (κ1) is 13.6. The van der Waals surface area contributed by atoms with Gasteiger partial charge in [-0.25, -0.2) is 9.97 Å². The summed E-state index contributed by atoms with van der Waals surface area (Å²) in [5, 5.41) is 4.56. The highest BCUT2D eigenvalue weighted by Gasteiger charge is 2.11. The topological polar surface area (TPSA) is 47.0 Å². The second-order valence-electron chi connectivity index (χ2n) is 4.53. The van der Waals surface area contributed by atoms with Gasteiger partial charge in [0.05, 0.1) is 7.11 Å². The lowest BCUT2D eigenvalue weighted by Crippen LogP contribution is -1.98. The van der Waals surface area contributed by atoms with Crippen molar-refractivity contribution >= 4 is 28.5 Å². The molecule has 0 amide bonds. The molecule has 2 aromatic carbocycles. The van der Waals surface area contributed by atoms with Crippen molar-refractivity contribution in [3.05, 3.63) is 47.6 Å². The SMILES string of the molecule is CNc1ncc2c(-c3cccc(Cl)c3)ccc(OC)c2n1. The maximum atomic E-state index is 6.09. The molecule has 21 heavy (non-hydrogen) atoms. The predicted octanol–water partition coefficient (Wildman–Crippen LogP) is 4.00. The van der Waals surface area contributed by atoms with Crippen LogP contribution in [0.2, 0.25) is 5.02 Å². The molecule has 3 rings (SSSR count). The van der Waals surface area contributed by atoms with Crippen molar-refractivity contribution in [1.29, 1.82) is 0 Å². The molecule has 1 N–H and O–H groups in total. The van der Waals surface area contributed by atoms with E-state index in [1.54, 1.807) is 20.4 Å². The van der Waals surface area contributed by atoms with Crippen LogP contribution in [-0.2, 0) is 0 Å². The van der Waals surface area contributed by atoms with E-state index in [4.69, 9.17) is 16.3 Å². The highest BCUT2D eigenvalue weighted by Crippen LogP contribution is 2.34. The molecular weight excluding hydrogens is 286 g/mol. The van der Waals surface area contributed by atoms with Crippen molar-refractivity contribution < 1.29 is 4.74 Å². The van der Waals surface area contributed by atoms with Crippen molar-refractivity contribution in [2.24, 2.45) is 0 Å². The van der Waals surface area contributed by atoms with Gasteiger partial charge in [0.25, 0.3) is 0 Å². The monoisotopic (exact) mass is 299 g/mol. The molecule has 0 aliphatic heterocycles. The normalized spacial score (nSPS) is 10.6. The van der Waals surface area contributed by atoms with Gasteiger partial charge in [0.1, 0.15) is 11.3 Å². The summed E-state index contributed by atoms with van der Waals surface area (Å²) in [6.45, 7) is 0. The Bertz CT molecular complexity index is 805. The van der Waals surface area contributed by atoms with Crippen LogP contribution >= 0.6 is 11.6 Å². The molecule has 1 heterocycles. The number of anilines is 1. The number of hydrogen-bond donors (Lipinski definition) is 1. The zero-order chi connectivity index (χ0) is 14.8. The van der Waals surface area contributed by atoms with Crippen LogP contribution in [0.25, 0.3) is 22.0 Å². The number of aromatic nitrogens is 2. The molecule has 0 radical (unpaired) electrons. The third-order valence-electron chi connectivity index (χ3n) is 3.29. The molecule has 4 nitrogen and oxygen atoms in total. The van der Waals surface area contributed by atoms with E-state index >= 15 is 0 Å². The van der Waals surface area contributed by atoms with Crippen LogP contribution in [0.1, 0.15) is 0 Å². The first-order chi connectivity index (χ1) is 10.2. The summed E-state index contributed by atoms with van der Waals surface area (Å²) in [4.78, 5) is 8.79. The fraction of sp³-hybridized carbons (Fsp3) is 0.125. The van der Waals surface area contributed by atoms with Gasteiger partial charge in [-0.1, -0.05) is 23.7 Å². The first-order valence-corrected chi connectivity index (χ1v) is 6.88. The summed E-state index contributed by atoms with van der Waals surface area (Å²) in [6.07, 6.45) is 1.80. The predicted molar refractivity (Wildman–Crippen MR) is 86.1 cm³/mol. The number of benzene rings is 2. The standard InChI is InChI=1S/C16H14ClN3O/c1-18-16-19-9-13-12(10-4-3-5-11(17)8-10)6-7-14(21-2)15(13)20-16/h3-9H,1-2H3,(H,18,19,20). The van der Waals surface area contributed by atoms with Crippen LogP contribution in [0.15, 0.2) is 42.6 Å². The zero-order valence-corrected chi connectivity index (χ0v) is 12.5. The van der Waals surface area contributed by atoms with Crippen molar-refractivity contribution in [2.75, 3.05) is 19.5 Å². The second-order valence-corrected chi connectivity index (χ2v) is 4.97. The van der Waals surface area contributed by atoms with E-state index in [9.17, 15) is 0 Å². The fourth-order valence-corrected chi connectivity index (χ4v) is 2.48. The lowest BCUT2D eigenvalue weighted by molar-refractivity contribution is 0.419. The van der Waals surface area contributed by atoms with Gasteiger partial charge >= 0.3 is 0 Å². The quantitative estimate of drug-likeness (QED) is 0.794. The third-order valence-corrected chi connectivity index (χ3v) is 3.53. The molecule has 0 aliphatic rings. The van der Waals surface area contributed by atoms with Crippen molar-refractivity contribution in [2.45, 2.75) is 0 Å². The summed E-state index contributed by atoms with van der Waals surface area (Å²) < 4.78 is 5.40. The molecule has 106 valence electrons. The van der Waals surface area contributed by atoms with E-state index in [1.165, 1.54) is 0 Å². The minimum Gasteiger partial charge on any atom is -0.494 e. The van der Waals surface area contributed by atoms with Gasteiger partial charge in [-0.3, -0.25) is 0 Å². The van der Waals surface area contributed by atoms with E-state index in [-0.39, 0.29) is 0 Å². The van der Waals surface area contributed by atoms with Crippen LogP contribution < -0.4 is 10.1 Å². The minimum absolute atomic E-state index is 0.559. The van der Waals surface area contributed by atoms with Gasteiger partial charge in [0.15, 0.2) is 0 Å². The maximum Gasteiger partial charge on any atom is 0.223 e. The molecule has 0 fully saturated rings. The van der Waals surface area contributed by atoms with Crippen LogP contribution in [0.5, 0.6) is 5.75 Å². The number of nitrogens with zero attached hydrogens (tertiary/aromatic N) is 2. The van der Waals surface area contributed by atoms with Crippen molar-refractivity contribution in [3.63, 3.8) is 0 Å². The Labute approximate surface area is 127 Å². The molecule has 1 aromatic heterocycles. The first-order valence-electron chi connectivity index (χ1n) is 6.50. The van der Waals surface area contributed by atoms with Gasteiger partial charge in [0, 0.05) is 23.7 Å². The van der Waals surface area contributed by atoms with E-state index in [1.807, 2.05) is 36.4 Å². The van der Waals surface area contributed by atoms with Crippen LogP contribution in [-0.4, -0.2) is 24.1 Å². The Morgan fingerprint density at radius 3 is 2.76 bits per heavy atom. The molecular formula is C16H14ClN3O. The number of halogens is 1. The molecule has 5 heteroatoms. The summed E-state index contributed by atoms with van der Waals surface area (Å²) in [5.41, 5.74) is 2.82. The van der Waals surface area contributed by atoms with Crippen molar-refractivity contribution in [1.82, 2.24) is 9.97 Å². The number of rotatable bonds is 3. The summed E-state index contributed by atoms with van der Waals surface area (Å²) >= 11 is 6.09. The second kappa shape index (κ2) is 5.58. The molecule has 3 aromatic rings. The Balaban J connectivity index is 2.29. The van der Waals surface area contributed by atoms with E-state index in [0.29, 0.717) is 11.0 Å². The van der Waals surface area contributed by atoms with E-state index in [0.717, 1.165) is 27.8 Å². The highest BCUT2D eigenvalue weighted by molar-refractivity contribution is 6.30. The number of ether oxygens (including phenoxy) is 1. The van der Waals surface area contributed by atoms with Gasteiger partial charge < -0.3 is 10.1 Å². The summed E-state index contributed by atoms with van der Waals surface area (Å²) in [7, 11) is 3.42. The van der Waals surface area contributed by atoms with Crippen LogP contribution in [0.4, 0.5) is 5.95 Å². The lowest BCUT2D eigenvalue weighted by Gasteiger charge is -2.11. The largest absolute Gasteiger partial charge is 0.494 e. The number of hydrogen-bond acceptors (Lipinski definition) is 4. The third kappa shape index (κ3) is 2.50. The molecule has 0 atom stereocenters. The number of fused-ring (bicyclic) bond motifs is 1. The fourth-order valence-electron chi connectivity index (χ4n) is 2.29. The molecule has 0 aliphatic carbocycles. The summed E-state index contributed by atoms with van der Waals surface area (Å²) in [6, 6.07) is 11.6. The van der Waals surface area contributed by atoms with Gasteiger partial charge in [0.2, 0.25) is 5.95 Å². The number of nitrogens with one attached hydrogen (secondary N) is 1. The zero-order valence-electron chi connectivity index (χ0n) is 11.7. The highest BCUT2D eigenvalue weighted by atomic mass is 35.5. The minimum atomic E-state index is 0.559. The Hall–Kier alpha value is -2.33. The molecule has 0 saturated heterocycles. The average Bonchev–Trinajstić information content (AvgIpc) is 2.53. The average molecular weight is 300 g/mol. The summed E-state index contributed by atoms with van der Waals surface area (Å²) in [5.74, 6) is 1.28. The molecule has 0 spiro atoms. The van der Waals surface area contributed by atoms with Crippen LogP contribution in [0, 0.1) is 0 Å². The lowest BCUT2D eigenvalue weighted by atomic mass is 10.0. The van der Waals surface area contributed by atoms with E-state index < -0.39 is 0 Å². The molecule has 0 saturated carbocycles. The number of methoxy groups -OCH3 is 1. The van der Waals surface area contributed by atoms with E-state index in [2.05, 4.69) is 15.3 Å². The Morgan fingerprint density at radius 1 is 1.19 bits per heavy atom. The Kier molecular flexibility index (Phi) is 3.62. The van der Waals surface area contributed by atoms with Crippen molar-refractivity contribution in [3.8, 4) is 16.9 Å². The van der Waals surface area contributed by atoms with Gasteiger partial charge in [-0.15, -0.1) is 0 Å².